The van der Waals surface area contributed by atoms with Crippen molar-refractivity contribution in [1.29, 1.82) is 0 Å². The number of anilines is 1. The molecule has 0 saturated carbocycles. The number of benzene rings is 2. The third kappa shape index (κ3) is 4.41. The van der Waals surface area contributed by atoms with Crippen LogP contribution >= 0.6 is 0 Å². The fourth-order valence-corrected chi connectivity index (χ4v) is 3.07. The van der Waals surface area contributed by atoms with Crippen molar-refractivity contribution in [1.82, 2.24) is 15.2 Å². The molecule has 1 amide bonds. The number of nitrogens with one attached hydrogen (secondary N) is 2. The van der Waals surface area contributed by atoms with Crippen LogP contribution in [-0.2, 0) is 11.3 Å². The third-order valence-electron chi connectivity index (χ3n) is 4.79. The van der Waals surface area contributed by atoms with Crippen LogP contribution in [0.2, 0.25) is 0 Å². The first-order chi connectivity index (χ1) is 13.1. The van der Waals surface area contributed by atoms with Gasteiger partial charge < -0.3 is 11.1 Å². The van der Waals surface area contributed by atoms with Crippen molar-refractivity contribution in [2.75, 3.05) is 5.32 Å². The Morgan fingerprint density at radius 1 is 1.15 bits per heavy atom. The topological polar surface area (TPSA) is 96.7 Å². The predicted octanol–water partition coefficient (Wildman–Crippen LogP) is 3.70. The number of hydrogen-bond acceptors (Lipinski definition) is 4. The molecule has 6 nitrogen and oxygen atoms in total. The van der Waals surface area contributed by atoms with Crippen LogP contribution in [0.25, 0.3) is 11.4 Å². The van der Waals surface area contributed by atoms with E-state index in [1.165, 1.54) is 0 Å². The Kier molecular flexibility index (Phi) is 5.98. The van der Waals surface area contributed by atoms with E-state index in [0.717, 1.165) is 23.2 Å². The first kappa shape index (κ1) is 18.8. The summed E-state index contributed by atoms with van der Waals surface area (Å²) in [5, 5.41) is 9.99. The van der Waals surface area contributed by atoms with Crippen molar-refractivity contribution in [3.05, 3.63) is 66.0 Å². The molecule has 0 aliphatic heterocycles. The molecule has 140 valence electrons. The molecule has 6 heteroatoms. The lowest BCUT2D eigenvalue weighted by Gasteiger charge is -2.22. The van der Waals surface area contributed by atoms with Crippen LogP contribution < -0.4 is 11.1 Å². The number of carbonyl (C=O) groups excluding carboxylic acids is 1. The Bertz CT molecular complexity index is 873. The Hall–Kier alpha value is -2.99. The van der Waals surface area contributed by atoms with Crippen molar-refractivity contribution in [3.8, 4) is 11.4 Å². The van der Waals surface area contributed by atoms with Crippen molar-refractivity contribution in [2.45, 2.75) is 32.7 Å². The first-order valence-electron chi connectivity index (χ1n) is 9.20. The number of amides is 1. The van der Waals surface area contributed by atoms with Crippen LogP contribution in [0.5, 0.6) is 0 Å². The maximum Gasteiger partial charge on any atom is 0.232 e. The van der Waals surface area contributed by atoms with E-state index >= 15 is 0 Å². The molecule has 0 aliphatic rings. The van der Waals surface area contributed by atoms with E-state index in [4.69, 9.17) is 5.73 Å². The van der Waals surface area contributed by atoms with Gasteiger partial charge in [0.2, 0.25) is 5.91 Å². The van der Waals surface area contributed by atoms with Crippen LogP contribution in [0.4, 0.5) is 5.69 Å². The van der Waals surface area contributed by atoms with Gasteiger partial charge in [-0.15, -0.1) is 0 Å². The minimum atomic E-state index is -0.184. The lowest BCUT2D eigenvalue weighted by atomic mass is 9.85. The summed E-state index contributed by atoms with van der Waals surface area (Å²) in [6.45, 7) is 4.53. The minimum absolute atomic E-state index is 0.00612. The predicted molar refractivity (Wildman–Crippen MR) is 107 cm³/mol. The fourth-order valence-electron chi connectivity index (χ4n) is 3.07. The number of rotatable bonds is 7. The van der Waals surface area contributed by atoms with Gasteiger partial charge in [-0.1, -0.05) is 50.6 Å². The van der Waals surface area contributed by atoms with Gasteiger partial charge in [-0.05, 0) is 35.7 Å². The number of hydrogen-bond donors (Lipinski definition) is 3. The lowest BCUT2D eigenvalue weighted by Crippen LogP contribution is -2.26. The summed E-state index contributed by atoms with van der Waals surface area (Å²) in [6.07, 6.45) is 0.931. The smallest absolute Gasteiger partial charge is 0.232 e. The zero-order valence-corrected chi connectivity index (χ0v) is 15.6. The Morgan fingerprint density at radius 3 is 2.44 bits per heavy atom. The number of aromatic nitrogens is 3. The SMILES string of the molecule is CCC(C)C(C(=O)Nc1ccc(-c2n[nH]c(CN)n2)cc1)c1ccccc1. The monoisotopic (exact) mass is 363 g/mol. The second kappa shape index (κ2) is 8.60. The fraction of sp³-hybridized carbons (Fsp3) is 0.286. The molecule has 2 atom stereocenters. The molecule has 0 spiro atoms. The van der Waals surface area contributed by atoms with E-state index in [1.807, 2.05) is 54.6 Å². The maximum atomic E-state index is 13.0. The second-order valence-electron chi connectivity index (χ2n) is 6.65. The minimum Gasteiger partial charge on any atom is -0.326 e. The van der Waals surface area contributed by atoms with Gasteiger partial charge in [-0.3, -0.25) is 9.89 Å². The highest BCUT2D eigenvalue weighted by atomic mass is 16.1. The van der Waals surface area contributed by atoms with Gasteiger partial charge >= 0.3 is 0 Å². The van der Waals surface area contributed by atoms with Crippen LogP contribution in [0.1, 0.15) is 37.6 Å². The van der Waals surface area contributed by atoms with E-state index in [0.29, 0.717) is 18.2 Å². The molecule has 27 heavy (non-hydrogen) atoms. The lowest BCUT2D eigenvalue weighted by molar-refractivity contribution is -0.118. The summed E-state index contributed by atoms with van der Waals surface area (Å²) < 4.78 is 0. The van der Waals surface area contributed by atoms with Crippen molar-refractivity contribution < 1.29 is 4.79 Å². The van der Waals surface area contributed by atoms with Gasteiger partial charge in [0.05, 0.1) is 12.5 Å². The highest BCUT2D eigenvalue weighted by Crippen LogP contribution is 2.29. The molecule has 0 radical (unpaired) electrons. The summed E-state index contributed by atoms with van der Waals surface area (Å²) in [6, 6.07) is 17.4. The van der Waals surface area contributed by atoms with Gasteiger partial charge in [0.15, 0.2) is 5.82 Å². The van der Waals surface area contributed by atoms with Crippen molar-refractivity contribution in [3.63, 3.8) is 0 Å². The highest BCUT2D eigenvalue weighted by molar-refractivity contribution is 5.96. The molecule has 2 aromatic carbocycles. The molecule has 1 aromatic heterocycles. The Labute approximate surface area is 159 Å². The molecule has 3 aromatic rings. The number of H-pyrrole nitrogens is 1. The number of aromatic amines is 1. The van der Waals surface area contributed by atoms with Gasteiger partial charge in [-0.25, -0.2) is 4.98 Å². The average molecular weight is 363 g/mol. The number of nitrogens with zero attached hydrogens (tertiary/aromatic N) is 2. The van der Waals surface area contributed by atoms with Crippen LogP contribution in [0, 0.1) is 5.92 Å². The van der Waals surface area contributed by atoms with E-state index in [1.54, 1.807) is 0 Å². The Balaban J connectivity index is 1.75. The summed E-state index contributed by atoms with van der Waals surface area (Å²) in [5.74, 6) is 1.30. The van der Waals surface area contributed by atoms with E-state index in [-0.39, 0.29) is 17.7 Å². The van der Waals surface area contributed by atoms with E-state index in [9.17, 15) is 4.79 Å². The van der Waals surface area contributed by atoms with Crippen LogP contribution in [0.3, 0.4) is 0 Å². The first-order valence-corrected chi connectivity index (χ1v) is 9.20. The van der Waals surface area contributed by atoms with Gasteiger partial charge in [0.25, 0.3) is 0 Å². The molecule has 4 N–H and O–H groups in total. The molecule has 0 aliphatic carbocycles. The summed E-state index contributed by atoms with van der Waals surface area (Å²) >= 11 is 0. The zero-order valence-electron chi connectivity index (χ0n) is 15.6. The number of carbonyl (C=O) groups is 1. The van der Waals surface area contributed by atoms with Crippen LogP contribution in [-0.4, -0.2) is 21.1 Å². The second-order valence-corrected chi connectivity index (χ2v) is 6.65. The quantitative estimate of drug-likeness (QED) is 0.596. The summed E-state index contributed by atoms with van der Waals surface area (Å²) in [4.78, 5) is 17.3. The third-order valence-corrected chi connectivity index (χ3v) is 4.79. The van der Waals surface area contributed by atoms with Gasteiger partial charge in [0.1, 0.15) is 5.82 Å². The molecule has 0 fully saturated rings. The largest absolute Gasteiger partial charge is 0.326 e. The molecular weight excluding hydrogens is 338 g/mol. The van der Waals surface area contributed by atoms with Gasteiger partial charge in [-0.2, -0.15) is 5.10 Å². The average Bonchev–Trinajstić information content (AvgIpc) is 3.18. The van der Waals surface area contributed by atoms with Gasteiger partial charge in [0, 0.05) is 11.3 Å². The molecule has 1 heterocycles. The van der Waals surface area contributed by atoms with Crippen molar-refractivity contribution in [2.24, 2.45) is 11.7 Å². The zero-order chi connectivity index (χ0) is 19.2. The standard InChI is InChI=1S/C21H25N5O/c1-3-14(2)19(15-7-5-4-6-8-15)21(27)23-17-11-9-16(10-12-17)20-24-18(13-22)25-26-20/h4-12,14,19H,3,13,22H2,1-2H3,(H,23,27)(H,24,25,26). The molecule has 0 saturated heterocycles. The molecule has 2 unspecified atom stereocenters. The van der Waals surface area contributed by atoms with Crippen molar-refractivity contribution >= 4 is 11.6 Å². The molecule has 3 rings (SSSR count). The number of nitrogens with two attached hydrogens (primary N) is 1. The summed E-state index contributed by atoms with van der Waals surface area (Å²) in [5.41, 5.74) is 8.21. The van der Waals surface area contributed by atoms with E-state index < -0.39 is 0 Å². The highest BCUT2D eigenvalue weighted by Gasteiger charge is 2.25. The van der Waals surface area contributed by atoms with Crippen LogP contribution in [0.15, 0.2) is 54.6 Å². The summed E-state index contributed by atoms with van der Waals surface area (Å²) in [7, 11) is 0. The molecular formula is C21H25N5O. The normalized spacial score (nSPS) is 13.1. The van der Waals surface area contributed by atoms with E-state index in [2.05, 4.69) is 34.3 Å². The Morgan fingerprint density at radius 2 is 1.85 bits per heavy atom. The maximum absolute atomic E-state index is 13.0. The molecule has 0 bridgehead atoms.